The van der Waals surface area contributed by atoms with Crippen molar-refractivity contribution < 1.29 is 9.90 Å². The molecule has 0 amide bonds. The van der Waals surface area contributed by atoms with Crippen molar-refractivity contribution in [3.05, 3.63) is 48.0 Å². The molecule has 0 heterocycles. The van der Waals surface area contributed by atoms with Crippen molar-refractivity contribution >= 4 is 17.1 Å². The summed E-state index contributed by atoms with van der Waals surface area (Å²) in [7, 11) is 0. The van der Waals surface area contributed by atoms with E-state index in [1.807, 2.05) is 6.92 Å². The maximum atomic E-state index is 11.2. The van der Waals surface area contributed by atoms with Gasteiger partial charge in [0, 0.05) is 11.1 Å². The lowest BCUT2D eigenvalue weighted by atomic mass is 9.97. The van der Waals surface area contributed by atoms with Gasteiger partial charge in [0.05, 0.1) is 0 Å². The maximum Gasteiger partial charge on any atom is 0.159 e. The van der Waals surface area contributed by atoms with Gasteiger partial charge in [0.1, 0.15) is 5.76 Å². The van der Waals surface area contributed by atoms with Crippen LogP contribution in [0, 0.1) is 0 Å². The van der Waals surface area contributed by atoms with Gasteiger partial charge in [-0.3, -0.25) is 4.79 Å². The second-order valence-electron chi connectivity index (χ2n) is 3.54. The molecule has 1 aromatic carbocycles. The molecular formula is C13H14O2. The highest BCUT2D eigenvalue weighted by atomic mass is 16.3. The zero-order valence-corrected chi connectivity index (χ0v) is 9.00. The van der Waals surface area contributed by atoms with Gasteiger partial charge >= 0.3 is 0 Å². The third-order valence-electron chi connectivity index (χ3n) is 2.20. The lowest BCUT2D eigenvalue weighted by Crippen LogP contribution is -1.97. The zero-order valence-electron chi connectivity index (χ0n) is 9.00. The van der Waals surface area contributed by atoms with Gasteiger partial charge in [-0.2, -0.15) is 0 Å². The van der Waals surface area contributed by atoms with E-state index >= 15 is 0 Å². The van der Waals surface area contributed by atoms with Gasteiger partial charge in [-0.1, -0.05) is 30.9 Å². The van der Waals surface area contributed by atoms with Crippen molar-refractivity contribution in [3.63, 3.8) is 0 Å². The van der Waals surface area contributed by atoms with Crippen molar-refractivity contribution in [2.45, 2.75) is 13.8 Å². The van der Waals surface area contributed by atoms with Gasteiger partial charge < -0.3 is 5.11 Å². The summed E-state index contributed by atoms with van der Waals surface area (Å²) < 4.78 is 0. The standard InChI is InChI=1S/C13H14O2/c1-8(2)12-6-5-11(9(3)14)7-13(12)10(4)15/h5-7,15H,1,4H2,2-3H3. The first-order valence-electron chi connectivity index (χ1n) is 4.62. The average molecular weight is 202 g/mol. The molecule has 78 valence electrons. The smallest absolute Gasteiger partial charge is 0.159 e. The minimum absolute atomic E-state index is 0.0363. The molecule has 1 rings (SSSR count). The number of benzene rings is 1. The Labute approximate surface area is 89.6 Å². The van der Waals surface area contributed by atoms with Crippen molar-refractivity contribution in [1.82, 2.24) is 0 Å². The summed E-state index contributed by atoms with van der Waals surface area (Å²) in [6.07, 6.45) is 0. The maximum absolute atomic E-state index is 11.2. The molecule has 0 atom stereocenters. The Morgan fingerprint density at radius 2 is 1.80 bits per heavy atom. The van der Waals surface area contributed by atoms with Crippen LogP contribution < -0.4 is 0 Å². The van der Waals surface area contributed by atoms with Crippen LogP contribution in [0.15, 0.2) is 31.4 Å². The van der Waals surface area contributed by atoms with Crippen molar-refractivity contribution in [3.8, 4) is 0 Å². The van der Waals surface area contributed by atoms with E-state index in [0.29, 0.717) is 11.1 Å². The lowest BCUT2D eigenvalue weighted by molar-refractivity contribution is 0.101. The molecule has 0 unspecified atom stereocenters. The summed E-state index contributed by atoms with van der Waals surface area (Å²) in [5.41, 5.74) is 2.77. The SMILES string of the molecule is C=C(C)c1ccc(C(C)=O)cc1C(=C)O. The first kappa shape index (κ1) is 11.2. The van der Waals surface area contributed by atoms with Crippen LogP contribution in [0.5, 0.6) is 0 Å². The van der Waals surface area contributed by atoms with E-state index in [0.717, 1.165) is 11.1 Å². The van der Waals surface area contributed by atoms with E-state index < -0.39 is 0 Å². The van der Waals surface area contributed by atoms with E-state index in [2.05, 4.69) is 13.2 Å². The molecule has 2 heteroatoms. The summed E-state index contributed by atoms with van der Waals surface area (Å²) in [4.78, 5) is 11.2. The molecule has 0 bridgehead atoms. The molecule has 0 fully saturated rings. The first-order chi connectivity index (χ1) is 6.93. The van der Waals surface area contributed by atoms with Crippen LogP contribution in [0.3, 0.4) is 0 Å². The van der Waals surface area contributed by atoms with Gasteiger partial charge in [0.15, 0.2) is 5.78 Å². The second-order valence-corrected chi connectivity index (χ2v) is 3.54. The summed E-state index contributed by atoms with van der Waals surface area (Å²) in [6.45, 7) is 10.6. The number of ketones is 1. The predicted octanol–water partition coefficient (Wildman–Crippen LogP) is 3.45. The number of hydrogen-bond acceptors (Lipinski definition) is 2. The summed E-state index contributed by atoms with van der Waals surface area (Å²) in [5.74, 6) is -0.0816. The first-order valence-corrected chi connectivity index (χ1v) is 4.62. The van der Waals surface area contributed by atoms with Crippen LogP contribution in [-0.4, -0.2) is 10.9 Å². The third kappa shape index (κ3) is 2.34. The Balaban J connectivity index is 3.40. The second kappa shape index (κ2) is 4.13. The van der Waals surface area contributed by atoms with E-state index in [4.69, 9.17) is 0 Å². The van der Waals surface area contributed by atoms with Crippen LogP contribution in [0.25, 0.3) is 11.3 Å². The van der Waals surface area contributed by atoms with E-state index in [1.54, 1.807) is 18.2 Å². The molecule has 15 heavy (non-hydrogen) atoms. The summed E-state index contributed by atoms with van der Waals surface area (Å²) in [5, 5.41) is 9.41. The number of aliphatic hydroxyl groups is 1. The highest BCUT2D eigenvalue weighted by molar-refractivity contribution is 5.95. The quantitative estimate of drug-likeness (QED) is 0.602. The Morgan fingerprint density at radius 3 is 2.20 bits per heavy atom. The van der Waals surface area contributed by atoms with Gasteiger partial charge in [0.2, 0.25) is 0 Å². The molecule has 0 aliphatic heterocycles. The Morgan fingerprint density at radius 1 is 1.20 bits per heavy atom. The van der Waals surface area contributed by atoms with Gasteiger partial charge in [0.25, 0.3) is 0 Å². The van der Waals surface area contributed by atoms with Crippen LogP contribution in [0.1, 0.15) is 35.3 Å². The van der Waals surface area contributed by atoms with Crippen LogP contribution in [-0.2, 0) is 0 Å². The largest absolute Gasteiger partial charge is 0.508 e. The molecule has 0 radical (unpaired) electrons. The minimum atomic E-state index is -0.0453. The molecule has 2 nitrogen and oxygen atoms in total. The van der Waals surface area contributed by atoms with Crippen LogP contribution >= 0.6 is 0 Å². The van der Waals surface area contributed by atoms with Crippen LogP contribution in [0.2, 0.25) is 0 Å². The molecule has 0 aromatic heterocycles. The summed E-state index contributed by atoms with van der Waals surface area (Å²) >= 11 is 0. The van der Waals surface area contributed by atoms with Gasteiger partial charge in [-0.05, 0) is 25.5 Å². The molecule has 1 aromatic rings. The van der Waals surface area contributed by atoms with Crippen LogP contribution in [0.4, 0.5) is 0 Å². The van der Waals surface area contributed by atoms with E-state index in [-0.39, 0.29) is 11.5 Å². The highest BCUT2D eigenvalue weighted by Crippen LogP contribution is 2.23. The monoisotopic (exact) mass is 202 g/mol. The average Bonchev–Trinajstić information content (AvgIpc) is 2.16. The fraction of sp³-hybridized carbons (Fsp3) is 0.154. The van der Waals surface area contributed by atoms with Gasteiger partial charge in [-0.15, -0.1) is 0 Å². The Bertz CT molecular complexity index is 442. The summed E-state index contributed by atoms with van der Waals surface area (Å²) in [6, 6.07) is 5.13. The number of allylic oxidation sites excluding steroid dienone is 1. The highest BCUT2D eigenvalue weighted by Gasteiger charge is 2.09. The Hall–Kier alpha value is -1.83. The molecular weight excluding hydrogens is 188 g/mol. The number of hydrogen-bond donors (Lipinski definition) is 1. The number of Topliss-reactive ketones (excluding diaryl/α,β-unsaturated/α-hetero) is 1. The topological polar surface area (TPSA) is 37.3 Å². The predicted molar refractivity (Wildman–Crippen MR) is 62.8 cm³/mol. The zero-order chi connectivity index (χ0) is 11.6. The lowest BCUT2D eigenvalue weighted by Gasteiger charge is -2.09. The molecule has 0 spiro atoms. The number of carbonyl (C=O) groups is 1. The van der Waals surface area contributed by atoms with E-state index in [9.17, 15) is 9.90 Å². The molecule has 0 aliphatic carbocycles. The number of carbonyl (C=O) groups excluding carboxylic acids is 1. The molecule has 0 saturated carbocycles. The Kier molecular flexibility index (Phi) is 3.10. The van der Waals surface area contributed by atoms with Gasteiger partial charge in [-0.25, -0.2) is 0 Å². The molecule has 0 saturated heterocycles. The molecule has 1 N–H and O–H groups in total. The molecule has 0 aliphatic rings. The minimum Gasteiger partial charge on any atom is -0.508 e. The van der Waals surface area contributed by atoms with Crippen molar-refractivity contribution in [2.24, 2.45) is 0 Å². The van der Waals surface area contributed by atoms with E-state index in [1.165, 1.54) is 6.92 Å². The fourth-order valence-electron chi connectivity index (χ4n) is 1.37. The third-order valence-corrected chi connectivity index (χ3v) is 2.20. The van der Waals surface area contributed by atoms with Crippen molar-refractivity contribution in [1.29, 1.82) is 0 Å². The van der Waals surface area contributed by atoms with Crippen molar-refractivity contribution in [2.75, 3.05) is 0 Å². The fourth-order valence-corrected chi connectivity index (χ4v) is 1.37. The normalized spacial score (nSPS) is 9.73. The number of rotatable bonds is 3. The number of aliphatic hydroxyl groups excluding tert-OH is 1.